The number of hydrogen-bond acceptors (Lipinski definition) is 3. The van der Waals surface area contributed by atoms with E-state index in [0.717, 1.165) is 24.1 Å². The molecular formula is C16H17NO2. The molecule has 3 nitrogen and oxygen atoms in total. The summed E-state index contributed by atoms with van der Waals surface area (Å²) in [5, 5.41) is 9.29. The second kappa shape index (κ2) is 6.59. The van der Waals surface area contributed by atoms with E-state index in [0.29, 0.717) is 13.0 Å². The van der Waals surface area contributed by atoms with Gasteiger partial charge in [-0.1, -0.05) is 30.3 Å². The van der Waals surface area contributed by atoms with E-state index in [1.807, 2.05) is 42.5 Å². The highest BCUT2D eigenvalue weighted by atomic mass is 16.3. The van der Waals surface area contributed by atoms with E-state index >= 15 is 0 Å². The summed E-state index contributed by atoms with van der Waals surface area (Å²) in [5.74, 6) is 0.267. The number of carbonyl (C=O) groups is 1. The molecule has 0 atom stereocenters. The van der Waals surface area contributed by atoms with Crippen LogP contribution in [0, 0.1) is 0 Å². The lowest BCUT2D eigenvalue weighted by molar-refractivity contribution is -0.107. The molecule has 0 bridgehead atoms. The van der Waals surface area contributed by atoms with Crippen LogP contribution in [-0.4, -0.2) is 17.9 Å². The minimum atomic E-state index is 0.267. The maximum atomic E-state index is 10.6. The smallest absolute Gasteiger partial charge is 0.121 e. The third kappa shape index (κ3) is 3.85. The van der Waals surface area contributed by atoms with Gasteiger partial charge in [0.05, 0.1) is 0 Å². The SMILES string of the molecule is O=CCCN(Cc1ccc(O)cc1)c1ccccc1. The number of para-hydroxylation sites is 1. The van der Waals surface area contributed by atoms with Crippen molar-refractivity contribution in [2.45, 2.75) is 13.0 Å². The van der Waals surface area contributed by atoms with Crippen LogP contribution in [0.15, 0.2) is 54.6 Å². The van der Waals surface area contributed by atoms with E-state index < -0.39 is 0 Å². The zero-order valence-electron chi connectivity index (χ0n) is 10.7. The summed E-state index contributed by atoms with van der Waals surface area (Å²) in [6.07, 6.45) is 1.44. The molecule has 0 spiro atoms. The Hall–Kier alpha value is -2.29. The highest BCUT2D eigenvalue weighted by molar-refractivity contribution is 5.53. The maximum Gasteiger partial charge on any atom is 0.121 e. The average molecular weight is 255 g/mol. The number of carbonyl (C=O) groups excluding carboxylic acids is 1. The molecule has 3 heteroatoms. The zero-order valence-corrected chi connectivity index (χ0v) is 10.7. The van der Waals surface area contributed by atoms with Crippen molar-refractivity contribution < 1.29 is 9.90 Å². The first-order valence-electron chi connectivity index (χ1n) is 6.31. The third-order valence-corrected chi connectivity index (χ3v) is 2.95. The quantitative estimate of drug-likeness (QED) is 0.807. The Morgan fingerprint density at radius 2 is 1.68 bits per heavy atom. The molecule has 0 aliphatic carbocycles. The van der Waals surface area contributed by atoms with E-state index in [-0.39, 0.29) is 5.75 Å². The summed E-state index contributed by atoms with van der Waals surface area (Å²) in [4.78, 5) is 12.7. The van der Waals surface area contributed by atoms with Crippen LogP contribution in [-0.2, 0) is 11.3 Å². The van der Waals surface area contributed by atoms with Gasteiger partial charge in [-0.15, -0.1) is 0 Å². The van der Waals surface area contributed by atoms with E-state index in [1.54, 1.807) is 12.1 Å². The minimum Gasteiger partial charge on any atom is -0.508 e. The van der Waals surface area contributed by atoms with Crippen molar-refractivity contribution >= 4 is 12.0 Å². The van der Waals surface area contributed by atoms with Crippen LogP contribution >= 0.6 is 0 Å². The van der Waals surface area contributed by atoms with Crippen molar-refractivity contribution in [3.05, 3.63) is 60.2 Å². The highest BCUT2D eigenvalue weighted by Gasteiger charge is 2.06. The van der Waals surface area contributed by atoms with Crippen LogP contribution in [0.3, 0.4) is 0 Å². The Balaban J connectivity index is 2.14. The highest BCUT2D eigenvalue weighted by Crippen LogP contribution is 2.18. The fraction of sp³-hybridized carbons (Fsp3) is 0.188. The number of aldehydes is 1. The van der Waals surface area contributed by atoms with Crippen molar-refractivity contribution in [3.63, 3.8) is 0 Å². The summed E-state index contributed by atoms with van der Waals surface area (Å²) >= 11 is 0. The fourth-order valence-electron chi connectivity index (χ4n) is 1.97. The van der Waals surface area contributed by atoms with Gasteiger partial charge in [-0.3, -0.25) is 0 Å². The van der Waals surface area contributed by atoms with Crippen molar-refractivity contribution in [2.24, 2.45) is 0 Å². The standard InChI is InChI=1S/C16H17NO2/c18-12-4-11-17(15-5-2-1-3-6-15)13-14-7-9-16(19)10-8-14/h1-3,5-10,12,19H,4,11,13H2. The first kappa shape index (κ1) is 13.1. The van der Waals surface area contributed by atoms with Gasteiger partial charge >= 0.3 is 0 Å². The van der Waals surface area contributed by atoms with Crippen molar-refractivity contribution in [2.75, 3.05) is 11.4 Å². The summed E-state index contributed by atoms with van der Waals surface area (Å²) < 4.78 is 0. The first-order chi connectivity index (χ1) is 9.29. The maximum absolute atomic E-state index is 10.6. The van der Waals surface area contributed by atoms with Gasteiger partial charge in [-0.05, 0) is 29.8 Å². The largest absolute Gasteiger partial charge is 0.508 e. The number of phenolic OH excluding ortho intramolecular Hbond substituents is 1. The topological polar surface area (TPSA) is 40.5 Å². The van der Waals surface area contributed by atoms with Gasteiger partial charge in [0.15, 0.2) is 0 Å². The molecule has 98 valence electrons. The molecule has 0 amide bonds. The number of nitrogens with zero attached hydrogens (tertiary/aromatic N) is 1. The van der Waals surface area contributed by atoms with Gasteiger partial charge in [0, 0.05) is 25.2 Å². The van der Waals surface area contributed by atoms with E-state index in [9.17, 15) is 9.90 Å². The number of rotatable bonds is 6. The second-order valence-corrected chi connectivity index (χ2v) is 4.38. The summed E-state index contributed by atoms with van der Waals surface area (Å²) in [6, 6.07) is 17.2. The number of phenols is 1. The van der Waals surface area contributed by atoms with Gasteiger partial charge in [0.25, 0.3) is 0 Å². The predicted molar refractivity (Wildman–Crippen MR) is 76.3 cm³/mol. The van der Waals surface area contributed by atoms with E-state index in [4.69, 9.17) is 0 Å². The average Bonchev–Trinajstić information content (AvgIpc) is 2.46. The zero-order chi connectivity index (χ0) is 13.5. The van der Waals surface area contributed by atoms with Gasteiger partial charge < -0.3 is 14.8 Å². The molecule has 1 N–H and O–H groups in total. The van der Waals surface area contributed by atoms with Crippen LogP contribution in [0.2, 0.25) is 0 Å². The molecule has 0 heterocycles. The van der Waals surface area contributed by atoms with Crippen LogP contribution in [0.5, 0.6) is 5.75 Å². The molecule has 0 saturated heterocycles. The van der Waals surface area contributed by atoms with E-state index in [2.05, 4.69) is 4.90 Å². The number of hydrogen-bond donors (Lipinski definition) is 1. The van der Waals surface area contributed by atoms with Gasteiger partial charge in [0.1, 0.15) is 12.0 Å². The van der Waals surface area contributed by atoms with Crippen LogP contribution in [0.1, 0.15) is 12.0 Å². The summed E-state index contributed by atoms with van der Waals surface area (Å²) in [6.45, 7) is 1.41. The molecule has 0 fully saturated rings. The third-order valence-electron chi connectivity index (χ3n) is 2.95. The Morgan fingerprint density at radius 1 is 1.00 bits per heavy atom. The Kier molecular flexibility index (Phi) is 4.56. The van der Waals surface area contributed by atoms with Gasteiger partial charge in [-0.25, -0.2) is 0 Å². The molecule has 2 rings (SSSR count). The van der Waals surface area contributed by atoms with Crippen LogP contribution in [0.4, 0.5) is 5.69 Å². The molecule has 0 saturated carbocycles. The normalized spacial score (nSPS) is 10.1. The lowest BCUT2D eigenvalue weighted by atomic mass is 10.2. The van der Waals surface area contributed by atoms with Crippen molar-refractivity contribution in [1.29, 1.82) is 0 Å². The molecule has 2 aromatic carbocycles. The Labute approximate surface area is 113 Å². The molecule has 0 unspecified atom stereocenters. The number of benzene rings is 2. The molecular weight excluding hydrogens is 238 g/mol. The van der Waals surface area contributed by atoms with E-state index in [1.165, 1.54) is 0 Å². The Bertz CT molecular complexity index is 508. The lowest BCUT2D eigenvalue weighted by Crippen LogP contribution is -2.24. The van der Waals surface area contributed by atoms with Crippen LogP contribution < -0.4 is 4.90 Å². The monoisotopic (exact) mass is 255 g/mol. The number of anilines is 1. The fourth-order valence-corrected chi connectivity index (χ4v) is 1.97. The van der Waals surface area contributed by atoms with Gasteiger partial charge in [0.2, 0.25) is 0 Å². The summed E-state index contributed by atoms with van der Waals surface area (Å²) in [5.41, 5.74) is 2.20. The Morgan fingerprint density at radius 3 is 2.32 bits per heavy atom. The molecule has 0 aromatic heterocycles. The molecule has 0 radical (unpaired) electrons. The van der Waals surface area contributed by atoms with Crippen molar-refractivity contribution in [3.8, 4) is 5.75 Å². The molecule has 0 aliphatic heterocycles. The second-order valence-electron chi connectivity index (χ2n) is 4.38. The lowest BCUT2D eigenvalue weighted by Gasteiger charge is -2.24. The van der Waals surface area contributed by atoms with Gasteiger partial charge in [-0.2, -0.15) is 0 Å². The molecule has 0 aliphatic rings. The van der Waals surface area contributed by atoms with Crippen LogP contribution in [0.25, 0.3) is 0 Å². The predicted octanol–water partition coefficient (Wildman–Crippen LogP) is 2.99. The first-order valence-corrected chi connectivity index (χ1v) is 6.31. The number of aromatic hydroxyl groups is 1. The van der Waals surface area contributed by atoms with Crippen molar-refractivity contribution in [1.82, 2.24) is 0 Å². The minimum absolute atomic E-state index is 0.267. The molecule has 2 aromatic rings. The summed E-state index contributed by atoms with van der Waals surface area (Å²) in [7, 11) is 0. The molecule has 19 heavy (non-hydrogen) atoms.